The van der Waals surface area contributed by atoms with Gasteiger partial charge in [-0.3, -0.25) is 0 Å². The summed E-state index contributed by atoms with van der Waals surface area (Å²) >= 11 is 0. The molecule has 0 saturated carbocycles. The first-order valence-electron chi connectivity index (χ1n) is 4.84. The summed E-state index contributed by atoms with van der Waals surface area (Å²) in [6, 6.07) is 0.138. The fourth-order valence-electron chi connectivity index (χ4n) is 1.43. The Kier molecular flexibility index (Phi) is 2.96. The van der Waals surface area contributed by atoms with Crippen molar-refractivity contribution in [3.05, 3.63) is 12.0 Å². The highest BCUT2D eigenvalue weighted by molar-refractivity contribution is 5.41. The molecule has 82 valence electrons. The van der Waals surface area contributed by atoms with Crippen LogP contribution in [0.1, 0.15) is 6.42 Å². The molecule has 1 aromatic heterocycles. The zero-order valence-electron chi connectivity index (χ0n) is 8.46. The molecule has 1 fully saturated rings. The Morgan fingerprint density at radius 1 is 1.60 bits per heavy atom. The van der Waals surface area contributed by atoms with Crippen LogP contribution in [0.2, 0.25) is 0 Å². The average molecular weight is 212 g/mol. The minimum Gasteiger partial charge on any atom is -0.379 e. The van der Waals surface area contributed by atoms with Gasteiger partial charge in [-0.1, -0.05) is 0 Å². The third-order valence-electron chi connectivity index (χ3n) is 2.24. The predicted molar refractivity (Wildman–Crippen MR) is 54.4 cm³/mol. The Morgan fingerprint density at radius 3 is 3.13 bits per heavy atom. The summed E-state index contributed by atoms with van der Waals surface area (Å²) in [6.07, 6.45) is 2.02. The number of halogens is 1. The molecule has 0 bridgehead atoms. The molecule has 5 nitrogen and oxygen atoms in total. The molecule has 1 saturated heterocycles. The number of hydrogen-bond acceptors (Lipinski definition) is 5. The van der Waals surface area contributed by atoms with E-state index in [1.807, 2.05) is 0 Å². The van der Waals surface area contributed by atoms with Crippen LogP contribution in [0.5, 0.6) is 0 Å². The topological polar surface area (TPSA) is 59.1 Å². The third-order valence-corrected chi connectivity index (χ3v) is 2.24. The fraction of sp³-hybridized carbons (Fsp3) is 0.556. The number of nitrogens with zero attached hydrogens (tertiary/aromatic N) is 2. The number of nitrogens with one attached hydrogen (secondary N) is 2. The van der Waals surface area contributed by atoms with Gasteiger partial charge >= 0.3 is 0 Å². The van der Waals surface area contributed by atoms with E-state index >= 15 is 0 Å². The highest BCUT2D eigenvalue weighted by atomic mass is 19.1. The third kappa shape index (κ3) is 2.33. The second-order valence-corrected chi connectivity index (χ2v) is 3.35. The van der Waals surface area contributed by atoms with Gasteiger partial charge in [0.1, 0.15) is 0 Å². The fourth-order valence-corrected chi connectivity index (χ4v) is 1.43. The van der Waals surface area contributed by atoms with Crippen LogP contribution < -0.4 is 10.6 Å². The molecular weight excluding hydrogens is 199 g/mol. The summed E-state index contributed by atoms with van der Waals surface area (Å²) < 4.78 is 18.5. The van der Waals surface area contributed by atoms with Crippen LogP contribution in [0.25, 0.3) is 0 Å². The zero-order chi connectivity index (χ0) is 10.7. The molecule has 1 aliphatic rings. The Bertz CT molecular complexity index is 341. The molecular formula is C9H13FN4O. The van der Waals surface area contributed by atoms with Gasteiger partial charge in [-0.2, -0.15) is 4.98 Å². The maximum Gasteiger partial charge on any atom is 0.224 e. The summed E-state index contributed by atoms with van der Waals surface area (Å²) in [6.45, 7) is 1.31. The van der Waals surface area contributed by atoms with E-state index < -0.39 is 5.82 Å². The Hall–Kier alpha value is -1.43. The van der Waals surface area contributed by atoms with Crippen LogP contribution >= 0.6 is 0 Å². The highest BCUT2D eigenvalue weighted by Gasteiger charge is 2.17. The van der Waals surface area contributed by atoms with E-state index in [1.54, 1.807) is 7.05 Å². The van der Waals surface area contributed by atoms with E-state index in [0.717, 1.165) is 12.6 Å². The summed E-state index contributed by atoms with van der Waals surface area (Å²) in [4.78, 5) is 7.75. The summed E-state index contributed by atoms with van der Waals surface area (Å²) in [5, 5.41) is 5.75. The van der Waals surface area contributed by atoms with Crippen LogP contribution in [-0.2, 0) is 4.74 Å². The van der Waals surface area contributed by atoms with Crippen molar-refractivity contribution >= 4 is 11.8 Å². The van der Waals surface area contributed by atoms with Crippen molar-refractivity contribution in [2.24, 2.45) is 0 Å². The lowest BCUT2D eigenvalue weighted by molar-refractivity contribution is 0.195. The van der Waals surface area contributed by atoms with E-state index in [1.165, 1.54) is 0 Å². The standard InChI is InChI=1S/C9H13FN4O/c1-11-9-12-4-7(10)8(14-9)13-6-2-3-15-5-6/h4,6H,2-3,5H2,1H3,(H2,11,12,13,14). The molecule has 2 heterocycles. The molecule has 6 heteroatoms. The predicted octanol–water partition coefficient (Wildman–Crippen LogP) is 0.858. The molecule has 0 amide bonds. The number of rotatable bonds is 3. The summed E-state index contributed by atoms with van der Waals surface area (Å²) in [7, 11) is 1.69. The maximum absolute atomic E-state index is 13.3. The van der Waals surface area contributed by atoms with Gasteiger partial charge in [0.05, 0.1) is 18.8 Å². The lowest BCUT2D eigenvalue weighted by Crippen LogP contribution is -2.21. The van der Waals surface area contributed by atoms with E-state index in [-0.39, 0.29) is 11.9 Å². The Balaban J connectivity index is 2.11. The number of anilines is 2. The van der Waals surface area contributed by atoms with E-state index in [4.69, 9.17) is 4.74 Å². The maximum atomic E-state index is 13.3. The largest absolute Gasteiger partial charge is 0.379 e. The molecule has 0 spiro atoms. The molecule has 2 rings (SSSR count). The molecule has 1 atom stereocenters. The van der Waals surface area contributed by atoms with Gasteiger partial charge in [0.25, 0.3) is 0 Å². The normalized spacial score (nSPS) is 20.3. The van der Waals surface area contributed by atoms with Gasteiger partial charge in [0.2, 0.25) is 5.95 Å². The van der Waals surface area contributed by atoms with Gasteiger partial charge in [-0.25, -0.2) is 9.37 Å². The van der Waals surface area contributed by atoms with Gasteiger partial charge in [-0.15, -0.1) is 0 Å². The zero-order valence-corrected chi connectivity index (χ0v) is 8.46. The van der Waals surface area contributed by atoms with Crippen molar-refractivity contribution in [1.82, 2.24) is 9.97 Å². The lowest BCUT2D eigenvalue weighted by atomic mass is 10.2. The first kappa shape index (κ1) is 10.1. The lowest BCUT2D eigenvalue weighted by Gasteiger charge is -2.12. The molecule has 0 aliphatic carbocycles. The van der Waals surface area contributed by atoms with E-state index in [2.05, 4.69) is 20.6 Å². The minimum atomic E-state index is -0.444. The molecule has 2 N–H and O–H groups in total. The molecule has 15 heavy (non-hydrogen) atoms. The highest BCUT2D eigenvalue weighted by Crippen LogP contribution is 2.15. The van der Waals surface area contributed by atoms with Crippen molar-refractivity contribution in [2.45, 2.75) is 12.5 Å². The van der Waals surface area contributed by atoms with Crippen molar-refractivity contribution < 1.29 is 9.13 Å². The molecule has 1 aliphatic heterocycles. The second kappa shape index (κ2) is 4.39. The number of hydrogen-bond donors (Lipinski definition) is 2. The van der Waals surface area contributed by atoms with Crippen LogP contribution in [0.15, 0.2) is 6.20 Å². The second-order valence-electron chi connectivity index (χ2n) is 3.35. The molecule has 1 unspecified atom stereocenters. The van der Waals surface area contributed by atoms with Crippen LogP contribution in [0.4, 0.5) is 16.2 Å². The summed E-state index contributed by atoms with van der Waals surface area (Å²) in [5.74, 6) is 0.184. The van der Waals surface area contributed by atoms with Crippen LogP contribution in [0.3, 0.4) is 0 Å². The monoisotopic (exact) mass is 212 g/mol. The van der Waals surface area contributed by atoms with E-state index in [0.29, 0.717) is 19.2 Å². The number of aromatic nitrogens is 2. The van der Waals surface area contributed by atoms with Gasteiger partial charge < -0.3 is 15.4 Å². The summed E-state index contributed by atoms with van der Waals surface area (Å²) in [5.41, 5.74) is 0. The average Bonchev–Trinajstić information content (AvgIpc) is 2.74. The Labute approximate surface area is 87.1 Å². The van der Waals surface area contributed by atoms with Crippen molar-refractivity contribution in [2.75, 3.05) is 30.9 Å². The van der Waals surface area contributed by atoms with Gasteiger partial charge in [-0.05, 0) is 6.42 Å². The first-order chi connectivity index (χ1) is 7.29. The molecule has 0 radical (unpaired) electrons. The first-order valence-corrected chi connectivity index (χ1v) is 4.84. The van der Waals surface area contributed by atoms with Crippen LogP contribution in [-0.4, -0.2) is 36.3 Å². The van der Waals surface area contributed by atoms with Crippen molar-refractivity contribution in [3.8, 4) is 0 Å². The van der Waals surface area contributed by atoms with E-state index in [9.17, 15) is 4.39 Å². The smallest absolute Gasteiger partial charge is 0.224 e. The van der Waals surface area contributed by atoms with Crippen molar-refractivity contribution in [1.29, 1.82) is 0 Å². The molecule has 1 aromatic rings. The van der Waals surface area contributed by atoms with Crippen molar-refractivity contribution in [3.63, 3.8) is 0 Å². The number of ether oxygens (including phenoxy) is 1. The van der Waals surface area contributed by atoms with Gasteiger partial charge in [0, 0.05) is 13.7 Å². The Morgan fingerprint density at radius 2 is 2.47 bits per heavy atom. The quantitative estimate of drug-likeness (QED) is 0.778. The SMILES string of the molecule is CNc1ncc(F)c(NC2CCOC2)n1. The van der Waals surface area contributed by atoms with Crippen LogP contribution in [0, 0.1) is 5.82 Å². The minimum absolute atomic E-state index is 0.138. The van der Waals surface area contributed by atoms with Gasteiger partial charge in [0.15, 0.2) is 11.6 Å². The molecule has 0 aromatic carbocycles.